The Labute approximate surface area is 121 Å². The van der Waals surface area contributed by atoms with Gasteiger partial charge in [-0.3, -0.25) is 4.98 Å². The number of likely N-dealkylation sites (N-methyl/N-ethyl adjacent to an activating group) is 1. The molecule has 0 saturated carbocycles. The zero-order valence-electron chi connectivity index (χ0n) is 12.7. The Morgan fingerprint density at radius 2 is 2.25 bits per heavy atom. The molecule has 1 aliphatic heterocycles. The molecule has 2 heterocycles. The van der Waals surface area contributed by atoms with E-state index in [9.17, 15) is 5.11 Å². The zero-order valence-corrected chi connectivity index (χ0v) is 12.7. The molecular formula is C15H26N4O. The minimum absolute atomic E-state index is 0.00536. The number of rotatable bonds is 5. The predicted molar refractivity (Wildman–Crippen MR) is 81.8 cm³/mol. The van der Waals surface area contributed by atoms with Crippen molar-refractivity contribution in [3.8, 4) is 0 Å². The van der Waals surface area contributed by atoms with E-state index in [1.165, 1.54) is 0 Å². The number of pyridine rings is 1. The van der Waals surface area contributed by atoms with Crippen molar-refractivity contribution in [3.05, 3.63) is 24.0 Å². The van der Waals surface area contributed by atoms with Gasteiger partial charge in [-0.25, -0.2) is 0 Å². The number of aliphatic hydroxyl groups is 1. The van der Waals surface area contributed by atoms with Crippen molar-refractivity contribution in [3.63, 3.8) is 0 Å². The summed E-state index contributed by atoms with van der Waals surface area (Å²) in [5.74, 6) is 0. The lowest BCUT2D eigenvalue weighted by molar-refractivity contribution is 0.191. The first-order valence-corrected chi connectivity index (χ1v) is 7.32. The third kappa shape index (κ3) is 3.48. The maximum Gasteiger partial charge on any atom is 0.0735 e. The molecule has 1 aromatic heterocycles. The molecule has 0 aliphatic carbocycles. The van der Waals surface area contributed by atoms with Crippen molar-refractivity contribution in [1.29, 1.82) is 0 Å². The number of anilines is 1. The number of aliphatic hydroxyl groups excluding tert-OH is 1. The molecule has 0 bridgehead atoms. The van der Waals surface area contributed by atoms with Crippen LogP contribution in [0.1, 0.15) is 31.5 Å². The van der Waals surface area contributed by atoms with Crippen LogP contribution in [0.15, 0.2) is 18.3 Å². The SMILES string of the molecule is CC[C@@H](N)c1ccc(N2CC(O)CC2CN(C)C)cn1. The van der Waals surface area contributed by atoms with E-state index in [4.69, 9.17) is 5.73 Å². The standard InChI is InChI=1S/C15H26N4O/c1-4-14(16)15-6-5-11(8-17-15)19-10-13(20)7-12(19)9-18(2)3/h5-6,8,12-14,20H,4,7,9-10,16H2,1-3H3/t12?,13?,14-/m1/s1. The largest absolute Gasteiger partial charge is 0.391 e. The lowest BCUT2D eigenvalue weighted by Gasteiger charge is -2.28. The third-order valence-electron chi connectivity index (χ3n) is 3.89. The highest BCUT2D eigenvalue weighted by Gasteiger charge is 2.31. The molecule has 20 heavy (non-hydrogen) atoms. The summed E-state index contributed by atoms with van der Waals surface area (Å²) in [4.78, 5) is 8.88. The van der Waals surface area contributed by atoms with Crippen molar-refractivity contribution in [2.24, 2.45) is 5.73 Å². The lowest BCUT2D eigenvalue weighted by atomic mass is 10.1. The minimum atomic E-state index is -0.252. The van der Waals surface area contributed by atoms with Crippen molar-refractivity contribution < 1.29 is 5.11 Å². The van der Waals surface area contributed by atoms with Crippen LogP contribution >= 0.6 is 0 Å². The van der Waals surface area contributed by atoms with Gasteiger partial charge < -0.3 is 20.6 Å². The molecule has 2 rings (SSSR count). The van der Waals surface area contributed by atoms with Gasteiger partial charge in [0.2, 0.25) is 0 Å². The molecule has 1 fully saturated rings. The first kappa shape index (κ1) is 15.2. The highest BCUT2D eigenvalue weighted by Crippen LogP contribution is 2.26. The summed E-state index contributed by atoms with van der Waals surface area (Å²) >= 11 is 0. The van der Waals surface area contributed by atoms with Gasteiger partial charge >= 0.3 is 0 Å². The molecule has 3 N–H and O–H groups in total. The molecule has 5 heteroatoms. The van der Waals surface area contributed by atoms with Crippen LogP contribution in [0, 0.1) is 0 Å². The van der Waals surface area contributed by atoms with Crippen LogP contribution in [0.4, 0.5) is 5.69 Å². The normalized spacial score (nSPS) is 24.4. The fourth-order valence-electron chi connectivity index (χ4n) is 2.80. The maximum atomic E-state index is 9.92. The van der Waals surface area contributed by atoms with E-state index < -0.39 is 0 Å². The highest BCUT2D eigenvalue weighted by atomic mass is 16.3. The van der Waals surface area contributed by atoms with Gasteiger partial charge in [0.15, 0.2) is 0 Å². The second-order valence-electron chi connectivity index (χ2n) is 5.91. The van der Waals surface area contributed by atoms with Gasteiger partial charge in [-0.2, -0.15) is 0 Å². The Kier molecular flexibility index (Phi) is 4.96. The van der Waals surface area contributed by atoms with Crippen LogP contribution < -0.4 is 10.6 Å². The number of nitrogens with two attached hydrogens (primary N) is 1. The monoisotopic (exact) mass is 278 g/mol. The van der Waals surface area contributed by atoms with E-state index in [1.807, 2.05) is 12.3 Å². The second kappa shape index (κ2) is 6.52. The van der Waals surface area contributed by atoms with Crippen molar-refractivity contribution >= 4 is 5.69 Å². The van der Waals surface area contributed by atoms with Crippen molar-refractivity contribution in [2.45, 2.75) is 38.0 Å². The summed E-state index contributed by atoms with van der Waals surface area (Å²) in [5.41, 5.74) is 7.99. The molecule has 1 aliphatic rings. The smallest absolute Gasteiger partial charge is 0.0735 e. The number of hydrogen-bond donors (Lipinski definition) is 2. The summed E-state index contributed by atoms with van der Waals surface area (Å²) in [6, 6.07) is 4.41. The van der Waals surface area contributed by atoms with Crippen LogP contribution in [0.3, 0.4) is 0 Å². The maximum absolute atomic E-state index is 9.92. The number of nitrogens with zero attached hydrogens (tertiary/aromatic N) is 3. The molecule has 1 aromatic rings. The Hall–Kier alpha value is -1.17. The number of aromatic nitrogens is 1. The molecule has 0 amide bonds. The van der Waals surface area contributed by atoms with Gasteiger partial charge in [0.25, 0.3) is 0 Å². The second-order valence-corrected chi connectivity index (χ2v) is 5.91. The Bertz CT molecular complexity index is 420. The van der Waals surface area contributed by atoms with Crippen LogP contribution in [-0.4, -0.2) is 54.3 Å². The van der Waals surface area contributed by atoms with E-state index in [1.54, 1.807) is 0 Å². The summed E-state index contributed by atoms with van der Waals surface area (Å²) in [7, 11) is 4.12. The van der Waals surface area contributed by atoms with Crippen LogP contribution in [0.2, 0.25) is 0 Å². The molecule has 0 aromatic carbocycles. The summed E-state index contributed by atoms with van der Waals surface area (Å²) in [6.07, 6.45) is 3.33. The van der Waals surface area contributed by atoms with E-state index >= 15 is 0 Å². The van der Waals surface area contributed by atoms with Gasteiger partial charge in [0.05, 0.1) is 23.7 Å². The van der Waals surface area contributed by atoms with E-state index in [0.29, 0.717) is 12.6 Å². The average molecular weight is 278 g/mol. The Morgan fingerprint density at radius 3 is 2.80 bits per heavy atom. The summed E-state index contributed by atoms with van der Waals surface area (Å²) in [6.45, 7) is 3.68. The van der Waals surface area contributed by atoms with Crippen molar-refractivity contribution in [1.82, 2.24) is 9.88 Å². The van der Waals surface area contributed by atoms with Crippen LogP contribution in [0.25, 0.3) is 0 Å². The molecule has 0 radical (unpaired) electrons. The average Bonchev–Trinajstić information content (AvgIpc) is 2.78. The van der Waals surface area contributed by atoms with Crippen LogP contribution in [-0.2, 0) is 0 Å². The number of hydrogen-bond acceptors (Lipinski definition) is 5. The molecule has 5 nitrogen and oxygen atoms in total. The first-order chi connectivity index (χ1) is 9.51. The molecule has 2 unspecified atom stereocenters. The van der Waals surface area contributed by atoms with Gasteiger partial charge in [-0.15, -0.1) is 0 Å². The molecule has 1 saturated heterocycles. The third-order valence-corrected chi connectivity index (χ3v) is 3.89. The Morgan fingerprint density at radius 1 is 1.50 bits per heavy atom. The summed E-state index contributed by atoms with van der Waals surface area (Å²) < 4.78 is 0. The van der Waals surface area contributed by atoms with Crippen molar-refractivity contribution in [2.75, 3.05) is 32.1 Å². The zero-order chi connectivity index (χ0) is 14.7. The van der Waals surface area contributed by atoms with Gasteiger partial charge in [0, 0.05) is 25.2 Å². The molecule has 0 spiro atoms. The van der Waals surface area contributed by atoms with Gasteiger partial charge in [-0.05, 0) is 39.1 Å². The van der Waals surface area contributed by atoms with Crippen LogP contribution in [0.5, 0.6) is 0 Å². The Balaban J connectivity index is 2.12. The minimum Gasteiger partial charge on any atom is -0.391 e. The van der Waals surface area contributed by atoms with E-state index in [-0.39, 0.29) is 12.1 Å². The lowest BCUT2D eigenvalue weighted by Crippen LogP contribution is -2.37. The van der Waals surface area contributed by atoms with Gasteiger partial charge in [0.1, 0.15) is 0 Å². The van der Waals surface area contributed by atoms with E-state index in [0.717, 1.165) is 30.8 Å². The quantitative estimate of drug-likeness (QED) is 0.841. The highest BCUT2D eigenvalue weighted by molar-refractivity contribution is 5.47. The van der Waals surface area contributed by atoms with E-state index in [2.05, 4.69) is 41.9 Å². The van der Waals surface area contributed by atoms with Gasteiger partial charge in [-0.1, -0.05) is 6.92 Å². The first-order valence-electron chi connectivity index (χ1n) is 7.32. The fourth-order valence-corrected chi connectivity index (χ4v) is 2.80. The topological polar surface area (TPSA) is 65.6 Å². The fraction of sp³-hybridized carbons (Fsp3) is 0.667. The molecular weight excluding hydrogens is 252 g/mol. The predicted octanol–water partition coefficient (Wildman–Crippen LogP) is 0.993. The summed E-state index contributed by atoms with van der Waals surface area (Å²) in [5, 5.41) is 9.92. The molecule has 112 valence electrons. The number of β-amino-alcohol motifs (C(OH)–C–C–N with tert-alkyl or cyclic N) is 1. The molecule has 3 atom stereocenters.